The van der Waals surface area contributed by atoms with E-state index in [0.29, 0.717) is 12.8 Å². The van der Waals surface area contributed by atoms with Gasteiger partial charge in [-0.3, -0.25) is 0 Å². The summed E-state index contributed by atoms with van der Waals surface area (Å²) >= 11 is 0. The molecule has 5 nitrogen and oxygen atoms in total. The van der Waals surface area contributed by atoms with Crippen molar-refractivity contribution in [2.45, 2.75) is 25.8 Å². The number of nitrogens with one attached hydrogen (secondary N) is 1. The molecule has 104 valence electrons. The standard InChI is InChI=1S/C14H19NO4/c1-10-5-4-6-11(9-10)7-8-12(13(16)18-2)15-14(17)19-3/h4-6,9,12H,7-8H2,1-3H3,(H,15,17)/t12-/m0/s1. The molecular formula is C14H19NO4. The molecule has 5 heteroatoms. The van der Waals surface area contributed by atoms with Crippen molar-refractivity contribution in [1.29, 1.82) is 0 Å². The van der Waals surface area contributed by atoms with Crippen LogP contribution in [-0.2, 0) is 20.7 Å². The van der Waals surface area contributed by atoms with Gasteiger partial charge in [0.25, 0.3) is 0 Å². The van der Waals surface area contributed by atoms with Gasteiger partial charge in [0.2, 0.25) is 0 Å². The first-order chi connectivity index (χ1) is 9.06. The van der Waals surface area contributed by atoms with E-state index in [0.717, 1.165) is 11.1 Å². The Labute approximate surface area is 112 Å². The maximum absolute atomic E-state index is 11.6. The van der Waals surface area contributed by atoms with Crippen molar-refractivity contribution in [3.8, 4) is 0 Å². The average molecular weight is 265 g/mol. The van der Waals surface area contributed by atoms with Crippen LogP contribution >= 0.6 is 0 Å². The third kappa shape index (κ3) is 4.99. The number of methoxy groups -OCH3 is 2. The largest absolute Gasteiger partial charge is 0.467 e. The van der Waals surface area contributed by atoms with E-state index in [2.05, 4.69) is 14.8 Å². The van der Waals surface area contributed by atoms with Gasteiger partial charge in [0, 0.05) is 0 Å². The van der Waals surface area contributed by atoms with Crippen LogP contribution in [0.4, 0.5) is 4.79 Å². The van der Waals surface area contributed by atoms with Crippen LogP contribution in [0.5, 0.6) is 0 Å². The van der Waals surface area contributed by atoms with Crippen molar-refractivity contribution < 1.29 is 19.1 Å². The summed E-state index contributed by atoms with van der Waals surface area (Å²) in [5.41, 5.74) is 2.27. The fourth-order valence-corrected chi connectivity index (χ4v) is 1.77. The molecule has 0 aromatic heterocycles. The quantitative estimate of drug-likeness (QED) is 0.825. The van der Waals surface area contributed by atoms with Crippen LogP contribution in [0.3, 0.4) is 0 Å². The molecule has 0 heterocycles. The highest BCUT2D eigenvalue weighted by atomic mass is 16.5. The highest BCUT2D eigenvalue weighted by molar-refractivity contribution is 5.81. The molecule has 1 aromatic rings. The number of rotatable bonds is 5. The molecule has 0 aliphatic carbocycles. The first-order valence-corrected chi connectivity index (χ1v) is 6.04. The lowest BCUT2D eigenvalue weighted by Crippen LogP contribution is -2.41. The Kier molecular flexibility index (Phi) is 5.85. The molecule has 0 aliphatic heterocycles. The zero-order valence-electron chi connectivity index (χ0n) is 11.4. The van der Waals surface area contributed by atoms with E-state index in [4.69, 9.17) is 0 Å². The van der Waals surface area contributed by atoms with Gasteiger partial charge in [-0.2, -0.15) is 0 Å². The van der Waals surface area contributed by atoms with Crippen LogP contribution < -0.4 is 5.32 Å². The van der Waals surface area contributed by atoms with Gasteiger partial charge < -0.3 is 14.8 Å². The predicted molar refractivity (Wildman–Crippen MR) is 70.8 cm³/mol. The fourth-order valence-electron chi connectivity index (χ4n) is 1.77. The number of benzene rings is 1. The van der Waals surface area contributed by atoms with Crippen LogP contribution in [0.15, 0.2) is 24.3 Å². The van der Waals surface area contributed by atoms with Crippen molar-refractivity contribution in [1.82, 2.24) is 5.32 Å². The van der Waals surface area contributed by atoms with Gasteiger partial charge in [0.15, 0.2) is 0 Å². The van der Waals surface area contributed by atoms with Gasteiger partial charge in [-0.1, -0.05) is 29.8 Å². The third-order valence-electron chi connectivity index (χ3n) is 2.77. The monoisotopic (exact) mass is 265 g/mol. The molecule has 0 spiro atoms. The Balaban J connectivity index is 2.62. The van der Waals surface area contributed by atoms with Crippen LogP contribution in [0.2, 0.25) is 0 Å². The van der Waals surface area contributed by atoms with Crippen LogP contribution in [0.1, 0.15) is 17.5 Å². The zero-order chi connectivity index (χ0) is 14.3. The number of hydrogen-bond donors (Lipinski definition) is 1. The van der Waals surface area contributed by atoms with Crippen molar-refractivity contribution in [2.24, 2.45) is 0 Å². The molecule has 1 aromatic carbocycles. The van der Waals surface area contributed by atoms with Gasteiger partial charge >= 0.3 is 12.1 Å². The maximum Gasteiger partial charge on any atom is 0.407 e. The van der Waals surface area contributed by atoms with Gasteiger partial charge in [-0.05, 0) is 25.3 Å². The summed E-state index contributed by atoms with van der Waals surface area (Å²) in [6.45, 7) is 2.01. The summed E-state index contributed by atoms with van der Waals surface area (Å²) in [6.07, 6.45) is 0.496. The lowest BCUT2D eigenvalue weighted by Gasteiger charge is -2.15. The first kappa shape index (κ1) is 15.0. The van der Waals surface area contributed by atoms with Gasteiger partial charge in [0.1, 0.15) is 6.04 Å². The second-order valence-corrected chi connectivity index (χ2v) is 4.24. The number of carbonyl (C=O) groups excluding carboxylic acids is 2. The molecule has 0 fully saturated rings. The first-order valence-electron chi connectivity index (χ1n) is 6.04. The van der Waals surface area contributed by atoms with Crippen LogP contribution in [-0.4, -0.2) is 32.3 Å². The lowest BCUT2D eigenvalue weighted by atomic mass is 10.0. The fraction of sp³-hybridized carbons (Fsp3) is 0.429. The Hall–Kier alpha value is -2.04. The van der Waals surface area contributed by atoms with Crippen molar-refractivity contribution in [2.75, 3.05) is 14.2 Å². The molecule has 0 aliphatic rings. The summed E-state index contributed by atoms with van der Waals surface area (Å²) < 4.78 is 9.15. The molecule has 0 bridgehead atoms. The molecule has 1 amide bonds. The average Bonchev–Trinajstić information content (AvgIpc) is 2.42. The normalized spacial score (nSPS) is 11.5. The number of carbonyl (C=O) groups is 2. The van der Waals surface area contributed by atoms with E-state index in [1.165, 1.54) is 14.2 Å². The maximum atomic E-state index is 11.6. The van der Waals surface area contributed by atoms with Crippen molar-refractivity contribution in [3.63, 3.8) is 0 Å². The van der Waals surface area contributed by atoms with Gasteiger partial charge in [-0.15, -0.1) is 0 Å². The van der Waals surface area contributed by atoms with E-state index in [-0.39, 0.29) is 0 Å². The number of ether oxygens (including phenoxy) is 2. The molecule has 0 saturated heterocycles. The van der Waals surface area contributed by atoms with E-state index in [1.807, 2.05) is 31.2 Å². The Morgan fingerprint density at radius 1 is 1.26 bits per heavy atom. The Bertz CT molecular complexity index is 445. The number of aryl methyl sites for hydroxylation is 2. The molecule has 0 unspecified atom stereocenters. The Morgan fingerprint density at radius 3 is 2.58 bits per heavy atom. The van der Waals surface area contributed by atoms with E-state index in [1.54, 1.807) is 0 Å². The van der Waals surface area contributed by atoms with Gasteiger partial charge in [0.05, 0.1) is 14.2 Å². The minimum atomic E-state index is -0.696. The van der Waals surface area contributed by atoms with E-state index in [9.17, 15) is 9.59 Å². The topological polar surface area (TPSA) is 64.6 Å². The number of hydrogen-bond acceptors (Lipinski definition) is 4. The predicted octanol–water partition coefficient (Wildman–Crippen LogP) is 1.83. The van der Waals surface area contributed by atoms with Crippen molar-refractivity contribution in [3.05, 3.63) is 35.4 Å². The summed E-state index contributed by atoms with van der Waals surface area (Å²) in [7, 11) is 2.55. The van der Waals surface area contributed by atoms with E-state index < -0.39 is 18.1 Å². The number of amides is 1. The number of esters is 1. The summed E-state index contributed by atoms with van der Waals surface area (Å²) in [5, 5.41) is 2.47. The molecule has 1 N–H and O–H groups in total. The highest BCUT2D eigenvalue weighted by Crippen LogP contribution is 2.09. The molecule has 1 atom stereocenters. The Morgan fingerprint density at radius 2 is 2.00 bits per heavy atom. The number of alkyl carbamates (subject to hydrolysis) is 1. The zero-order valence-corrected chi connectivity index (χ0v) is 11.4. The summed E-state index contributed by atoms with van der Waals surface area (Å²) in [6, 6.07) is 7.31. The molecule has 0 radical (unpaired) electrons. The van der Waals surface area contributed by atoms with E-state index >= 15 is 0 Å². The molecule has 19 heavy (non-hydrogen) atoms. The summed E-state index contributed by atoms with van der Waals surface area (Å²) in [4.78, 5) is 22.7. The molecular weight excluding hydrogens is 246 g/mol. The molecule has 0 saturated carbocycles. The lowest BCUT2D eigenvalue weighted by molar-refractivity contribution is -0.143. The third-order valence-corrected chi connectivity index (χ3v) is 2.77. The van der Waals surface area contributed by atoms with Gasteiger partial charge in [-0.25, -0.2) is 9.59 Å². The minimum absolute atomic E-state index is 0.464. The SMILES string of the molecule is COC(=O)N[C@@H](CCc1cccc(C)c1)C(=O)OC. The van der Waals surface area contributed by atoms with Crippen LogP contribution in [0.25, 0.3) is 0 Å². The van der Waals surface area contributed by atoms with Crippen molar-refractivity contribution >= 4 is 12.1 Å². The second kappa shape index (κ2) is 7.41. The minimum Gasteiger partial charge on any atom is -0.467 e. The smallest absolute Gasteiger partial charge is 0.407 e. The highest BCUT2D eigenvalue weighted by Gasteiger charge is 2.21. The molecule has 1 rings (SSSR count). The summed E-state index contributed by atoms with van der Waals surface area (Å²) in [5.74, 6) is -0.474. The second-order valence-electron chi connectivity index (χ2n) is 4.24. The van der Waals surface area contributed by atoms with Crippen LogP contribution in [0, 0.1) is 6.92 Å².